The maximum atomic E-state index is 12.7. The Morgan fingerprint density at radius 2 is 2.10 bits per heavy atom. The number of H-pyrrole nitrogens is 1. The molecule has 0 bridgehead atoms. The van der Waals surface area contributed by atoms with Crippen LogP contribution in [-0.2, 0) is 6.18 Å². The number of aromatic nitrogens is 3. The predicted octanol–water partition coefficient (Wildman–Crippen LogP) is 2.98. The molecule has 1 aromatic heterocycles. The fourth-order valence-electron chi connectivity index (χ4n) is 1.48. The Hall–Kier alpha value is -2.03. The molecule has 1 heterocycles. The van der Waals surface area contributed by atoms with Crippen LogP contribution in [0.1, 0.15) is 21.7 Å². The van der Waals surface area contributed by atoms with Gasteiger partial charge in [0, 0.05) is 4.90 Å². The number of aromatic carboxylic acids is 1. The highest BCUT2D eigenvalue weighted by Crippen LogP contribution is 2.35. The van der Waals surface area contributed by atoms with Crippen molar-refractivity contribution >= 4 is 17.7 Å². The average Bonchev–Trinajstić information content (AvgIpc) is 2.73. The van der Waals surface area contributed by atoms with Crippen LogP contribution >= 0.6 is 11.8 Å². The van der Waals surface area contributed by atoms with E-state index in [0.717, 1.165) is 23.9 Å². The highest BCUT2D eigenvalue weighted by atomic mass is 32.2. The van der Waals surface area contributed by atoms with Crippen LogP contribution in [0.5, 0.6) is 0 Å². The first kappa shape index (κ1) is 14.4. The molecule has 2 rings (SSSR count). The normalized spacial score (nSPS) is 11.6. The second-order valence-corrected chi connectivity index (χ2v) is 4.86. The van der Waals surface area contributed by atoms with Crippen molar-refractivity contribution in [1.29, 1.82) is 0 Å². The molecule has 0 radical (unpaired) electrons. The molecule has 0 aliphatic carbocycles. The van der Waals surface area contributed by atoms with Crippen LogP contribution in [0, 0.1) is 6.92 Å². The summed E-state index contributed by atoms with van der Waals surface area (Å²) in [5.74, 6) is -1.08. The van der Waals surface area contributed by atoms with Crippen molar-refractivity contribution in [3.8, 4) is 0 Å². The Bertz CT molecular complexity index is 655. The highest BCUT2D eigenvalue weighted by Gasteiger charge is 2.35. The first-order valence-electron chi connectivity index (χ1n) is 5.29. The average molecular weight is 303 g/mol. The molecule has 0 saturated carbocycles. The number of benzene rings is 1. The summed E-state index contributed by atoms with van der Waals surface area (Å²) in [6, 6.07) is 2.89. The lowest BCUT2D eigenvalue weighted by Gasteiger charge is -2.10. The zero-order valence-electron chi connectivity index (χ0n) is 10.0. The lowest BCUT2D eigenvalue weighted by Crippen LogP contribution is -2.12. The smallest absolute Gasteiger partial charge is 0.417 e. The minimum atomic E-state index is -4.71. The Balaban J connectivity index is 2.38. The van der Waals surface area contributed by atoms with Crippen molar-refractivity contribution in [2.75, 3.05) is 0 Å². The van der Waals surface area contributed by atoms with Crippen LogP contribution in [0.25, 0.3) is 0 Å². The standard InChI is InChI=1S/C11H8F3N3O2S/c1-5-15-10(17-16-5)20-6-2-3-8(11(12,13)14)7(4-6)9(18)19/h2-4H,1H3,(H,18,19)(H,15,16,17). The molecular weight excluding hydrogens is 295 g/mol. The lowest BCUT2D eigenvalue weighted by molar-refractivity contribution is -0.138. The Labute approximate surface area is 115 Å². The van der Waals surface area contributed by atoms with Crippen molar-refractivity contribution in [2.45, 2.75) is 23.2 Å². The number of hydrogen-bond donors (Lipinski definition) is 2. The van der Waals surface area contributed by atoms with E-state index in [2.05, 4.69) is 15.2 Å². The number of rotatable bonds is 3. The minimum absolute atomic E-state index is 0.304. The largest absolute Gasteiger partial charge is 0.478 e. The molecule has 2 N–H and O–H groups in total. The molecule has 2 aromatic rings. The summed E-state index contributed by atoms with van der Waals surface area (Å²) in [5, 5.41) is 15.6. The molecule has 106 valence electrons. The lowest BCUT2D eigenvalue weighted by atomic mass is 10.1. The van der Waals surface area contributed by atoms with E-state index in [-0.39, 0.29) is 0 Å². The van der Waals surface area contributed by atoms with Gasteiger partial charge >= 0.3 is 12.1 Å². The predicted molar refractivity (Wildman–Crippen MR) is 63.6 cm³/mol. The number of nitrogens with one attached hydrogen (secondary N) is 1. The van der Waals surface area contributed by atoms with Crippen molar-refractivity contribution in [2.24, 2.45) is 0 Å². The van der Waals surface area contributed by atoms with E-state index < -0.39 is 23.3 Å². The van der Waals surface area contributed by atoms with E-state index >= 15 is 0 Å². The monoisotopic (exact) mass is 303 g/mol. The Kier molecular flexibility index (Phi) is 3.71. The molecule has 0 aliphatic heterocycles. The third-order valence-electron chi connectivity index (χ3n) is 2.31. The van der Waals surface area contributed by atoms with E-state index in [4.69, 9.17) is 5.11 Å². The second-order valence-electron chi connectivity index (χ2n) is 3.82. The summed E-state index contributed by atoms with van der Waals surface area (Å²) in [6.07, 6.45) is -4.71. The van der Waals surface area contributed by atoms with Crippen LogP contribution in [0.4, 0.5) is 13.2 Å². The number of nitrogens with zero attached hydrogens (tertiary/aromatic N) is 2. The number of hydrogen-bond acceptors (Lipinski definition) is 4. The van der Waals surface area contributed by atoms with E-state index in [9.17, 15) is 18.0 Å². The van der Waals surface area contributed by atoms with Gasteiger partial charge in [-0.2, -0.15) is 13.2 Å². The van der Waals surface area contributed by atoms with Crippen molar-refractivity contribution in [3.05, 3.63) is 35.2 Å². The van der Waals surface area contributed by atoms with Gasteiger partial charge in [0.15, 0.2) is 0 Å². The van der Waals surface area contributed by atoms with E-state index in [0.29, 0.717) is 15.9 Å². The third-order valence-corrected chi connectivity index (χ3v) is 3.17. The molecule has 0 unspecified atom stereocenters. The van der Waals surface area contributed by atoms with Crippen LogP contribution in [0.3, 0.4) is 0 Å². The summed E-state index contributed by atoms with van der Waals surface area (Å²) in [6.45, 7) is 1.67. The van der Waals surface area contributed by atoms with E-state index in [1.807, 2.05) is 0 Å². The van der Waals surface area contributed by atoms with E-state index in [1.54, 1.807) is 6.92 Å². The van der Waals surface area contributed by atoms with Crippen LogP contribution in [0.2, 0.25) is 0 Å². The van der Waals surface area contributed by atoms with Gasteiger partial charge in [0.2, 0.25) is 5.16 Å². The van der Waals surface area contributed by atoms with Crippen molar-refractivity contribution in [1.82, 2.24) is 15.2 Å². The number of carboxylic acid groups (broad SMARTS) is 1. The fourth-order valence-corrected chi connectivity index (χ4v) is 2.28. The topological polar surface area (TPSA) is 78.9 Å². The molecule has 0 amide bonds. The molecule has 5 nitrogen and oxygen atoms in total. The number of carboxylic acids is 1. The maximum Gasteiger partial charge on any atom is 0.417 e. The van der Waals surface area contributed by atoms with Gasteiger partial charge in [-0.15, -0.1) is 5.10 Å². The SMILES string of the molecule is Cc1nc(Sc2ccc(C(F)(F)F)c(C(=O)O)c2)n[nH]1. The van der Waals surface area contributed by atoms with Gasteiger partial charge in [0.25, 0.3) is 0 Å². The Morgan fingerprint density at radius 1 is 1.40 bits per heavy atom. The Morgan fingerprint density at radius 3 is 2.60 bits per heavy atom. The zero-order chi connectivity index (χ0) is 14.9. The molecule has 0 aliphatic rings. The summed E-state index contributed by atoms with van der Waals surface area (Å²) < 4.78 is 38.0. The number of alkyl halides is 3. The molecule has 1 aromatic carbocycles. The first-order chi connectivity index (χ1) is 9.27. The fraction of sp³-hybridized carbons (Fsp3) is 0.182. The molecule has 9 heteroatoms. The van der Waals surface area contributed by atoms with Gasteiger partial charge in [0.1, 0.15) is 5.82 Å². The molecule has 20 heavy (non-hydrogen) atoms. The van der Waals surface area contributed by atoms with Crippen LogP contribution in [0.15, 0.2) is 28.3 Å². The summed E-state index contributed by atoms with van der Waals surface area (Å²) in [7, 11) is 0. The van der Waals surface area contributed by atoms with Crippen molar-refractivity contribution < 1.29 is 23.1 Å². The molecule has 0 fully saturated rings. The van der Waals surface area contributed by atoms with Gasteiger partial charge in [-0.05, 0) is 36.9 Å². The van der Waals surface area contributed by atoms with Gasteiger partial charge < -0.3 is 5.11 Å². The van der Waals surface area contributed by atoms with Gasteiger partial charge in [-0.1, -0.05) is 0 Å². The maximum absolute atomic E-state index is 12.7. The third kappa shape index (κ3) is 3.10. The molecule has 0 spiro atoms. The molecular formula is C11H8F3N3O2S. The van der Waals surface area contributed by atoms with Gasteiger partial charge in [-0.3, -0.25) is 5.10 Å². The summed E-state index contributed by atoms with van der Waals surface area (Å²) in [4.78, 5) is 15.2. The molecule has 0 saturated heterocycles. The zero-order valence-corrected chi connectivity index (χ0v) is 10.8. The summed E-state index contributed by atoms with van der Waals surface area (Å²) in [5.41, 5.74) is -1.98. The quantitative estimate of drug-likeness (QED) is 0.911. The number of carbonyl (C=O) groups is 1. The summed E-state index contributed by atoms with van der Waals surface area (Å²) >= 11 is 0.975. The van der Waals surface area contributed by atoms with Gasteiger partial charge in [-0.25, -0.2) is 9.78 Å². The highest BCUT2D eigenvalue weighted by molar-refractivity contribution is 7.99. The van der Waals surface area contributed by atoms with E-state index in [1.165, 1.54) is 6.07 Å². The van der Waals surface area contributed by atoms with Crippen LogP contribution in [-0.4, -0.2) is 26.3 Å². The number of aromatic amines is 1. The number of aryl methyl sites for hydroxylation is 1. The van der Waals surface area contributed by atoms with Crippen molar-refractivity contribution in [3.63, 3.8) is 0 Å². The second kappa shape index (κ2) is 5.16. The number of halogens is 3. The molecule has 0 atom stereocenters. The minimum Gasteiger partial charge on any atom is -0.478 e. The first-order valence-corrected chi connectivity index (χ1v) is 6.10. The van der Waals surface area contributed by atoms with Gasteiger partial charge in [0.05, 0.1) is 11.1 Å². The van der Waals surface area contributed by atoms with Crippen LogP contribution < -0.4 is 0 Å².